The Kier molecular flexibility index (Phi) is 9.16. The van der Waals surface area contributed by atoms with E-state index < -0.39 is 23.6 Å². The summed E-state index contributed by atoms with van der Waals surface area (Å²) >= 11 is 6.15. The summed E-state index contributed by atoms with van der Waals surface area (Å²) in [6, 6.07) is 18.6. The smallest absolute Gasteiger partial charge is 0.243 e. The maximum Gasteiger partial charge on any atom is 0.243 e. The van der Waals surface area contributed by atoms with E-state index in [0.717, 1.165) is 12.0 Å². The number of rotatable bonds is 10. The summed E-state index contributed by atoms with van der Waals surface area (Å²) in [5.41, 5.74) is 1.14. The van der Waals surface area contributed by atoms with E-state index in [2.05, 4.69) is 5.32 Å². The lowest BCUT2D eigenvalue weighted by Gasteiger charge is -2.32. The minimum atomic E-state index is -0.924. The Morgan fingerprint density at radius 2 is 1.62 bits per heavy atom. The molecule has 0 aliphatic rings. The molecule has 3 rings (SSSR count). The summed E-state index contributed by atoms with van der Waals surface area (Å²) in [4.78, 5) is 28.1. The third-order valence-corrected chi connectivity index (χ3v) is 5.86. The van der Waals surface area contributed by atoms with E-state index >= 15 is 0 Å². The summed E-state index contributed by atoms with van der Waals surface area (Å²) in [6.45, 7) is 2.22. The summed E-state index contributed by atoms with van der Waals surface area (Å²) in [5.74, 6) is -1.98. The molecule has 1 atom stereocenters. The molecule has 0 radical (unpaired) electrons. The van der Waals surface area contributed by atoms with Crippen LogP contribution < -0.4 is 5.32 Å². The van der Waals surface area contributed by atoms with Crippen LogP contribution in [0.2, 0.25) is 5.02 Å². The molecule has 178 valence electrons. The minimum absolute atomic E-state index is 0.0418. The number of benzene rings is 3. The average molecular weight is 485 g/mol. The predicted octanol–water partition coefficient (Wildman–Crippen LogP) is 5.33. The van der Waals surface area contributed by atoms with Crippen molar-refractivity contribution in [1.82, 2.24) is 10.2 Å². The van der Waals surface area contributed by atoms with Gasteiger partial charge >= 0.3 is 0 Å². The molecule has 1 unspecified atom stereocenters. The first-order valence-corrected chi connectivity index (χ1v) is 11.6. The lowest BCUT2D eigenvalue weighted by molar-refractivity contribution is -0.140. The highest BCUT2D eigenvalue weighted by molar-refractivity contribution is 6.31. The topological polar surface area (TPSA) is 49.4 Å². The molecule has 0 heterocycles. The molecule has 0 bridgehead atoms. The van der Waals surface area contributed by atoms with E-state index in [4.69, 9.17) is 11.6 Å². The van der Waals surface area contributed by atoms with Crippen LogP contribution in [-0.4, -0.2) is 29.3 Å². The number of hydrogen-bond donors (Lipinski definition) is 1. The zero-order valence-corrected chi connectivity index (χ0v) is 19.7. The highest BCUT2D eigenvalue weighted by atomic mass is 35.5. The molecular formula is C27H27ClF2N2O2. The van der Waals surface area contributed by atoms with Gasteiger partial charge in [-0.05, 0) is 30.2 Å². The van der Waals surface area contributed by atoms with Crippen molar-refractivity contribution in [2.24, 2.45) is 0 Å². The van der Waals surface area contributed by atoms with Crippen molar-refractivity contribution in [1.29, 1.82) is 0 Å². The second-order valence-corrected chi connectivity index (χ2v) is 8.39. The predicted molar refractivity (Wildman–Crippen MR) is 129 cm³/mol. The van der Waals surface area contributed by atoms with Crippen molar-refractivity contribution in [2.45, 2.75) is 38.8 Å². The van der Waals surface area contributed by atoms with E-state index in [-0.39, 0.29) is 41.4 Å². The standard InChI is InChI=1S/C27H27ClF2N2O2/c1-2-15-31-27(34)25(16-19-9-4-3-5-10-19)32(18-20-11-6-7-13-23(20)29)26(33)17-21-22(28)12-8-14-24(21)30/h3-14,25H,2,15-18H2,1H3,(H,31,34). The molecule has 0 saturated carbocycles. The second-order valence-electron chi connectivity index (χ2n) is 7.99. The Morgan fingerprint density at radius 3 is 2.29 bits per heavy atom. The molecule has 3 aromatic rings. The van der Waals surface area contributed by atoms with Gasteiger partial charge in [-0.15, -0.1) is 0 Å². The van der Waals surface area contributed by atoms with Crippen molar-refractivity contribution in [3.05, 3.63) is 106 Å². The molecular weight excluding hydrogens is 458 g/mol. The van der Waals surface area contributed by atoms with Gasteiger partial charge in [0.2, 0.25) is 11.8 Å². The van der Waals surface area contributed by atoms with Crippen LogP contribution in [-0.2, 0) is 29.0 Å². The van der Waals surface area contributed by atoms with E-state index in [1.165, 1.54) is 29.2 Å². The van der Waals surface area contributed by atoms with Gasteiger partial charge in [0.15, 0.2) is 0 Å². The van der Waals surface area contributed by atoms with Crippen molar-refractivity contribution < 1.29 is 18.4 Å². The fourth-order valence-corrected chi connectivity index (χ4v) is 3.91. The molecule has 3 aromatic carbocycles. The van der Waals surface area contributed by atoms with E-state index in [0.29, 0.717) is 6.54 Å². The Balaban J connectivity index is 2.00. The van der Waals surface area contributed by atoms with Gasteiger partial charge in [0, 0.05) is 35.7 Å². The number of amides is 2. The van der Waals surface area contributed by atoms with Gasteiger partial charge in [-0.1, -0.05) is 73.1 Å². The van der Waals surface area contributed by atoms with Gasteiger partial charge in [-0.25, -0.2) is 8.78 Å². The average Bonchev–Trinajstić information content (AvgIpc) is 2.83. The summed E-state index contributed by atoms with van der Waals surface area (Å²) in [6.07, 6.45) is 0.587. The zero-order valence-electron chi connectivity index (χ0n) is 18.9. The lowest BCUT2D eigenvalue weighted by atomic mass is 10.0. The molecule has 1 N–H and O–H groups in total. The summed E-state index contributed by atoms with van der Waals surface area (Å²) in [5, 5.41) is 2.97. The monoisotopic (exact) mass is 484 g/mol. The van der Waals surface area contributed by atoms with E-state index in [1.807, 2.05) is 37.3 Å². The quantitative estimate of drug-likeness (QED) is 0.423. The van der Waals surface area contributed by atoms with Gasteiger partial charge < -0.3 is 10.2 Å². The van der Waals surface area contributed by atoms with E-state index in [1.54, 1.807) is 18.2 Å². The van der Waals surface area contributed by atoms with Crippen LogP contribution in [0.3, 0.4) is 0 Å². The number of nitrogens with zero attached hydrogens (tertiary/aromatic N) is 1. The molecule has 0 aromatic heterocycles. The van der Waals surface area contributed by atoms with Crippen LogP contribution in [0.4, 0.5) is 8.78 Å². The molecule has 2 amide bonds. The maximum absolute atomic E-state index is 14.5. The fraction of sp³-hybridized carbons (Fsp3) is 0.259. The van der Waals surface area contributed by atoms with Crippen molar-refractivity contribution in [3.8, 4) is 0 Å². The first kappa shape index (κ1) is 25.4. The molecule has 0 aliphatic carbocycles. The Labute approximate surface area is 203 Å². The molecule has 0 spiro atoms. The molecule has 7 heteroatoms. The van der Waals surface area contributed by atoms with Gasteiger partial charge in [0.1, 0.15) is 17.7 Å². The van der Waals surface area contributed by atoms with Crippen LogP contribution in [0.1, 0.15) is 30.0 Å². The first-order chi connectivity index (χ1) is 16.4. The van der Waals surface area contributed by atoms with Crippen LogP contribution in [0.15, 0.2) is 72.8 Å². The minimum Gasteiger partial charge on any atom is -0.354 e. The Hall–Kier alpha value is -3.25. The largest absolute Gasteiger partial charge is 0.354 e. The normalized spacial score (nSPS) is 11.6. The molecule has 0 aliphatic heterocycles. The Morgan fingerprint density at radius 1 is 0.941 bits per heavy atom. The molecule has 34 heavy (non-hydrogen) atoms. The maximum atomic E-state index is 14.5. The van der Waals surface area contributed by atoms with Gasteiger partial charge in [0.25, 0.3) is 0 Å². The van der Waals surface area contributed by atoms with Crippen LogP contribution in [0.5, 0.6) is 0 Å². The Bertz CT molecular complexity index is 1100. The summed E-state index contributed by atoms with van der Waals surface area (Å²) in [7, 11) is 0. The van der Waals surface area contributed by atoms with Gasteiger partial charge in [0.05, 0.1) is 6.42 Å². The number of hydrogen-bond acceptors (Lipinski definition) is 2. The van der Waals surface area contributed by atoms with Crippen molar-refractivity contribution >= 4 is 23.4 Å². The second kappa shape index (κ2) is 12.3. The number of halogens is 3. The van der Waals surface area contributed by atoms with Crippen molar-refractivity contribution in [2.75, 3.05) is 6.54 Å². The first-order valence-electron chi connectivity index (χ1n) is 11.2. The summed E-state index contributed by atoms with van der Waals surface area (Å²) < 4.78 is 29.0. The van der Waals surface area contributed by atoms with Crippen LogP contribution in [0, 0.1) is 11.6 Å². The lowest BCUT2D eigenvalue weighted by Crippen LogP contribution is -2.51. The van der Waals surface area contributed by atoms with Crippen molar-refractivity contribution in [3.63, 3.8) is 0 Å². The van der Waals surface area contributed by atoms with Gasteiger partial charge in [-0.3, -0.25) is 9.59 Å². The number of carbonyl (C=O) groups is 2. The molecule has 4 nitrogen and oxygen atoms in total. The van der Waals surface area contributed by atoms with E-state index in [9.17, 15) is 18.4 Å². The molecule has 0 saturated heterocycles. The SMILES string of the molecule is CCCNC(=O)C(Cc1ccccc1)N(Cc1ccccc1F)C(=O)Cc1c(F)cccc1Cl. The highest BCUT2D eigenvalue weighted by Gasteiger charge is 2.31. The zero-order chi connectivity index (χ0) is 24.5. The fourth-order valence-electron chi connectivity index (χ4n) is 3.68. The number of carbonyl (C=O) groups excluding carboxylic acids is 2. The highest BCUT2D eigenvalue weighted by Crippen LogP contribution is 2.23. The van der Waals surface area contributed by atoms with Gasteiger partial charge in [-0.2, -0.15) is 0 Å². The third kappa shape index (κ3) is 6.64. The third-order valence-electron chi connectivity index (χ3n) is 5.51. The van der Waals surface area contributed by atoms with Crippen LogP contribution in [0.25, 0.3) is 0 Å². The number of nitrogens with one attached hydrogen (secondary N) is 1. The molecule has 0 fully saturated rings. The van der Waals surface area contributed by atoms with Crippen LogP contribution >= 0.6 is 11.6 Å².